The number of hydrogen-bond donors (Lipinski definition) is 0. The predicted octanol–water partition coefficient (Wildman–Crippen LogP) is 4.83. The maximum Gasteiger partial charge on any atom is 0.118 e. The van der Waals surface area contributed by atoms with Gasteiger partial charge in [-0.05, 0) is 54.7 Å². The van der Waals surface area contributed by atoms with Crippen molar-refractivity contribution in [2.24, 2.45) is 0 Å². The second-order valence-corrected chi connectivity index (χ2v) is 5.39. The summed E-state index contributed by atoms with van der Waals surface area (Å²) in [7, 11) is 1.67. The van der Waals surface area contributed by atoms with Crippen molar-refractivity contribution in [3.05, 3.63) is 64.7 Å². The topological polar surface area (TPSA) is 9.23 Å². The van der Waals surface area contributed by atoms with Crippen LogP contribution in [-0.4, -0.2) is 7.11 Å². The number of ether oxygens (including phenoxy) is 1. The lowest BCUT2D eigenvalue weighted by Gasteiger charge is -2.12. The van der Waals surface area contributed by atoms with Crippen molar-refractivity contribution in [2.45, 2.75) is 25.6 Å². The second kappa shape index (κ2) is 6.12. The molecule has 0 bridgehead atoms. The first-order valence-corrected chi connectivity index (χ1v) is 6.88. The summed E-state index contributed by atoms with van der Waals surface area (Å²) in [4.78, 5) is 0. The monoisotopic (exact) mass is 274 g/mol. The van der Waals surface area contributed by atoms with Gasteiger partial charge in [-0.1, -0.05) is 30.3 Å². The van der Waals surface area contributed by atoms with E-state index in [1.54, 1.807) is 7.11 Å². The van der Waals surface area contributed by atoms with Gasteiger partial charge in [0.25, 0.3) is 0 Å². The lowest BCUT2D eigenvalue weighted by molar-refractivity contribution is 0.414. The molecule has 0 saturated carbocycles. The predicted molar refractivity (Wildman–Crippen MR) is 81.2 cm³/mol. The molecule has 0 aliphatic rings. The number of methoxy groups -OCH3 is 1. The molecule has 2 aromatic rings. The largest absolute Gasteiger partial charge is 0.497 e. The van der Waals surface area contributed by atoms with E-state index in [0.29, 0.717) is 0 Å². The zero-order valence-electron chi connectivity index (χ0n) is 11.6. The molecule has 0 saturated heterocycles. The van der Waals surface area contributed by atoms with Gasteiger partial charge in [0.15, 0.2) is 0 Å². The number of alkyl halides is 1. The van der Waals surface area contributed by atoms with E-state index < -0.39 is 0 Å². The summed E-state index contributed by atoms with van der Waals surface area (Å²) in [5.41, 5.74) is 5.04. The van der Waals surface area contributed by atoms with Crippen LogP contribution in [0.5, 0.6) is 5.75 Å². The Hall–Kier alpha value is -1.47. The van der Waals surface area contributed by atoms with Crippen molar-refractivity contribution < 1.29 is 4.74 Å². The Kier molecular flexibility index (Phi) is 4.49. The molecule has 0 aromatic heterocycles. The highest BCUT2D eigenvalue weighted by atomic mass is 35.5. The molecule has 0 fully saturated rings. The van der Waals surface area contributed by atoms with Crippen LogP contribution < -0.4 is 4.74 Å². The van der Waals surface area contributed by atoms with Gasteiger partial charge in [0.05, 0.1) is 12.5 Å². The lowest BCUT2D eigenvalue weighted by atomic mass is 10.00. The summed E-state index contributed by atoms with van der Waals surface area (Å²) in [6, 6.07) is 14.5. The molecule has 0 spiro atoms. The minimum absolute atomic E-state index is 0.00647. The average Bonchev–Trinajstić information content (AvgIpc) is 2.43. The minimum atomic E-state index is -0.00647. The third-order valence-corrected chi connectivity index (χ3v) is 3.87. The van der Waals surface area contributed by atoms with E-state index >= 15 is 0 Å². The first-order valence-electron chi connectivity index (χ1n) is 6.44. The van der Waals surface area contributed by atoms with Gasteiger partial charge in [0.2, 0.25) is 0 Å². The fourth-order valence-electron chi connectivity index (χ4n) is 2.07. The van der Waals surface area contributed by atoms with Crippen LogP contribution in [0.25, 0.3) is 0 Å². The van der Waals surface area contributed by atoms with Crippen molar-refractivity contribution in [2.75, 3.05) is 7.11 Å². The molecule has 0 N–H and O–H groups in total. The van der Waals surface area contributed by atoms with E-state index in [1.807, 2.05) is 24.3 Å². The third kappa shape index (κ3) is 3.51. The van der Waals surface area contributed by atoms with Crippen molar-refractivity contribution in [3.8, 4) is 5.75 Å². The summed E-state index contributed by atoms with van der Waals surface area (Å²) in [5, 5.41) is -0.00647. The van der Waals surface area contributed by atoms with Crippen LogP contribution in [0, 0.1) is 13.8 Å². The Morgan fingerprint density at radius 3 is 2.26 bits per heavy atom. The fraction of sp³-hybridized carbons (Fsp3) is 0.294. The molecule has 2 heteroatoms. The molecule has 1 atom stereocenters. The standard InChI is InChI=1S/C17H19ClO/c1-12-4-5-14(10-13(12)2)11-17(18)15-6-8-16(19-3)9-7-15/h4-10,17H,11H2,1-3H3. The summed E-state index contributed by atoms with van der Waals surface area (Å²) >= 11 is 6.49. The number of hydrogen-bond acceptors (Lipinski definition) is 1. The van der Waals surface area contributed by atoms with Crippen molar-refractivity contribution in [1.29, 1.82) is 0 Å². The van der Waals surface area contributed by atoms with Gasteiger partial charge < -0.3 is 4.74 Å². The van der Waals surface area contributed by atoms with Crippen LogP contribution >= 0.6 is 11.6 Å². The molecule has 0 radical (unpaired) electrons. The zero-order chi connectivity index (χ0) is 13.8. The highest BCUT2D eigenvalue weighted by Crippen LogP contribution is 2.27. The third-order valence-electron chi connectivity index (χ3n) is 3.46. The maximum absolute atomic E-state index is 6.49. The Morgan fingerprint density at radius 1 is 1.00 bits per heavy atom. The van der Waals surface area contributed by atoms with Gasteiger partial charge in [-0.15, -0.1) is 11.6 Å². The second-order valence-electron chi connectivity index (χ2n) is 4.86. The van der Waals surface area contributed by atoms with Crippen molar-refractivity contribution in [1.82, 2.24) is 0 Å². The Bertz CT molecular complexity index is 546. The summed E-state index contributed by atoms with van der Waals surface area (Å²) < 4.78 is 5.15. The molecular formula is C17H19ClO. The number of rotatable bonds is 4. The van der Waals surface area contributed by atoms with Crippen LogP contribution in [0.4, 0.5) is 0 Å². The van der Waals surface area contributed by atoms with Gasteiger partial charge in [0, 0.05) is 0 Å². The SMILES string of the molecule is COc1ccc(C(Cl)Cc2ccc(C)c(C)c2)cc1. The lowest BCUT2D eigenvalue weighted by Crippen LogP contribution is -1.97. The van der Waals surface area contributed by atoms with E-state index in [9.17, 15) is 0 Å². The molecule has 100 valence electrons. The summed E-state index contributed by atoms with van der Waals surface area (Å²) in [6.07, 6.45) is 0.842. The molecule has 2 aromatic carbocycles. The van der Waals surface area contributed by atoms with Crippen LogP contribution in [0.15, 0.2) is 42.5 Å². The summed E-state index contributed by atoms with van der Waals surface area (Å²) in [6.45, 7) is 4.26. The first kappa shape index (κ1) is 14.0. The van der Waals surface area contributed by atoms with Gasteiger partial charge in [-0.3, -0.25) is 0 Å². The molecule has 19 heavy (non-hydrogen) atoms. The molecule has 1 nitrogen and oxygen atoms in total. The molecular weight excluding hydrogens is 256 g/mol. The van der Waals surface area contributed by atoms with E-state index in [1.165, 1.54) is 16.7 Å². The highest BCUT2D eigenvalue weighted by Gasteiger charge is 2.09. The normalized spacial score (nSPS) is 12.2. The van der Waals surface area contributed by atoms with Crippen LogP contribution in [0.3, 0.4) is 0 Å². The van der Waals surface area contributed by atoms with E-state index in [2.05, 4.69) is 32.0 Å². The number of benzene rings is 2. The van der Waals surface area contributed by atoms with Crippen LogP contribution in [-0.2, 0) is 6.42 Å². The average molecular weight is 275 g/mol. The Morgan fingerprint density at radius 2 is 1.68 bits per heavy atom. The van der Waals surface area contributed by atoms with Crippen LogP contribution in [0.1, 0.15) is 27.6 Å². The quantitative estimate of drug-likeness (QED) is 0.725. The molecule has 2 rings (SSSR count). The Balaban J connectivity index is 2.10. The minimum Gasteiger partial charge on any atom is -0.497 e. The fourth-order valence-corrected chi connectivity index (χ4v) is 2.39. The molecule has 0 aliphatic carbocycles. The van der Waals surface area contributed by atoms with Gasteiger partial charge in [0.1, 0.15) is 5.75 Å². The number of aryl methyl sites for hydroxylation is 2. The first-order chi connectivity index (χ1) is 9.10. The van der Waals surface area contributed by atoms with E-state index in [0.717, 1.165) is 17.7 Å². The smallest absolute Gasteiger partial charge is 0.118 e. The van der Waals surface area contributed by atoms with Crippen molar-refractivity contribution in [3.63, 3.8) is 0 Å². The zero-order valence-corrected chi connectivity index (χ0v) is 12.4. The number of halogens is 1. The summed E-state index contributed by atoms with van der Waals surface area (Å²) in [5.74, 6) is 0.860. The van der Waals surface area contributed by atoms with Crippen molar-refractivity contribution >= 4 is 11.6 Å². The van der Waals surface area contributed by atoms with Crippen LogP contribution in [0.2, 0.25) is 0 Å². The van der Waals surface area contributed by atoms with Gasteiger partial charge in [-0.25, -0.2) is 0 Å². The molecule has 0 amide bonds. The van der Waals surface area contributed by atoms with E-state index in [-0.39, 0.29) is 5.38 Å². The van der Waals surface area contributed by atoms with Gasteiger partial charge in [-0.2, -0.15) is 0 Å². The Labute approximate surface area is 120 Å². The van der Waals surface area contributed by atoms with Gasteiger partial charge >= 0.3 is 0 Å². The molecule has 0 heterocycles. The molecule has 0 aliphatic heterocycles. The maximum atomic E-state index is 6.49. The van der Waals surface area contributed by atoms with E-state index in [4.69, 9.17) is 16.3 Å². The molecule has 1 unspecified atom stereocenters. The highest BCUT2D eigenvalue weighted by molar-refractivity contribution is 6.20.